The Morgan fingerprint density at radius 2 is 2.05 bits per heavy atom. The van der Waals surface area contributed by atoms with Gasteiger partial charge in [-0.1, -0.05) is 12.1 Å². The van der Waals surface area contributed by atoms with Crippen LogP contribution in [0.2, 0.25) is 0 Å². The first kappa shape index (κ1) is 15.4. The second-order valence-electron chi connectivity index (χ2n) is 3.93. The first-order chi connectivity index (χ1) is 9.45. The summed E-state index contributed by atoms with van der Waals surface area (Å²) in [6.07, 6.45) is 0. The van der Waals surface area contributed by atoms with E-state index in [1.807, 2.05) is 0 Å². The van der Waals surface area contributed by atoms with Gasteiger partial charge in [-0.25, -0.2) is 0 Å². The lowest BCUT2D eigenvalue weighted by Crippen LogP contribution is -2.39. The third-order valence-corrected chi connectivity index (χ3v) is 2.59. The number of hydrogen-bond acceptors (Lipinski definition) is 5. The maximum atomic E-state index is 11.8. The molecule has 0 heterocycles. The summed E-state index contributed by atoms with van der Waals surface area (Å²) in [5, 5.41) is 22.1. The first-order valence-electron chi connectivity index (χ1n) is 5.92. The number of carbonyl (C=O) groups excluding carboxylic acids is 1. The van der Waals surface area contributed by atoms with Crippen molar-refractivity contribution < 1.29 is 19.6 Å². The van der Waals surface area contributed by atoms with E-state index in [0.717, 1.165) is 4.90 Å². The van der Waals surface area contributed by atoms with Gasteiger partial charge < -0.3 is 15.3 Å². The SMILES string of the molecule is CCN(CC(=O)O)C(=O)CNc1ccccc1[N+](=O)[O-]. The summed E-state index contributed by atoms with van der Waals surface area (Å²) in [6, 6.07) is 5.93. The average molecular weight is 281 g/mol. The number of anilines is 1. The summed E-state index contributed by atoms with van der Waals surface area (Å²) in [7, 11) is 0. The van der Waals surface area contributed by atoms with Crippen LogP contribution in [0.15, 0.2) is 24.3 Å². The number of nitro groups is 1. The van der Waals surface area contributed by atoms with Gasteiger partial charge in [-0.2, -0.15) is 0 Å². The minimum atomic E-state index is -1.11. The molecule has 1 rings (SSSR count). The second-order valence-corrected chi connectivity index (χ2v) is 3.93. The third kappa shape index (κ3) is 4.23. The van der Waals surface area contributed by atoms with Gasteiger partial charge >= 0.3 is 5.97 Å². The number of likely N-dealkylation sites (N-methyl/N-ethyl adjacent to an activating group) is 1. The van der Waals surface area contributed by atoms with Crippen molar-refractivity contribution in [2.45, 2.75) is 6.92 Å². The molecule has 0 saturated heterocycles. The summed E-state index contributed by atoms with van der Waals surface area (Å²) >= 11 is 0. The molecule has 0 unspecified atom stereocenters. The van der Waals surface area contributed by atoms with Crippen LogP contribution in [0.1, 0.15) is 6.92 Å². The number of nitrogens with one attached hydrogen (secondary N) is 1. The second kappa shape index (κ2) is 7.07. The van der Waals surface area contributed by atoms with E-state index >= 15 is 0 Å². The molecule has 0 aromatic heterocycles. The highest BCUT2D eigenvalue weighted by atomic mass is 16.6. The number of amides is 1. The number of rotatable bonds is 7. The van der Waals surface area contributed by atoms with Crippen LogP contribution >= 0.6 is 0 Å². The zero-order valence-electron chi connectivity index (χ0n) is 10.9. The summed E-state index contributed by atoms with van der Waals surface area (Å²) in [5.41, 5.74) is 0.0822. The van der Waals surface area contributed by atoms with Crippen molar-refractivity contribution in [3.05, 3.63) is 34.4 Å². The van der Waals surface area contributed by atoms with E-state index in [0.29, 0.717) is 0 Å². The highest BCUT2D eigenvalue weighted by Crippen LogP contribution is 2.22. The van der Waals surface area contributed by atoms with Crippen molar-refractivity contribution >= 4 is 23.3 Å². The molecule has 1 aromatic carbocycles. The van der Waals surface area contributed by atoms with Crippen LogP contribution in [0.25, 0.3) is 0 Å². The average Bonchev–Trinajstić information content (AvgIpc) is 2.42. The topological polar surface area (TPSA) is 113 Å². The Kier molecular flexibility index (Phi) is 5.45. The van der Waals surface area contributed by atoms with Gasteiger partial charge in [-0.15, -0.1) is 0 Å². The number of nitro benzene ring substituents is 1. The molecule has 20 heavy (non-hydrogen) atoms. The van der Waals surface area contributed by atoms with E-state index in [1.54, 1.807) is 13.0 Å². The fourth-order valence-corrected chi connectivity index (χ4v) is 1.60. The van der Waals surface area contributed by atoms with E-state index in [2.05, 4.69) is 5.32 Å². The van der Waals surface area contributed by atoms with Gasteiger partial charge in [0, 0.05) is 12.6 Å². The maximum Gasteiger partial charge on any atom is 0.323 e. The van der Waals surface area contributed by atoms with Crippen molar-refractivity contribution in [1.82, 2.24) is 4.90 Å². The van der Waals surface area contributed by atoms with Crippen LogP contribution < -0.4 is 5.32 Å². The molecule has 8 heteroatoms. The van der Waals surface area contributed by atoms with Crippen molar-refractivity contribution in [1.29, 1.82) is 0 Å². The Bertz CT molecular complexity index is 518. The number of carboxylic acid groups (broad SMARTS) is 1. The Balaban J connectivity index is 2.69. The molecule has 8 nitrogen and oxygen atoms in total. The molecular weight excluding hydrogens is 266 g/mol. The van der Waals surface area contributed by atoms with Crippen molar-refractivity contribution in [2.24, 2.45) is 0 Å². The first-order valence-corrected chi connectivity index (χ1v) is 5.92. The number of nitrogens with zero attached hydrogens (tertiary/aromatic N) is 2. The Morgan fingerprint density at radius 1 is 1.40 bits per heavy atom. The van der Waals surface area contributed by atoms with Crippen LogP contribution in [0, 0.1) is 10.1 Å². The molecule has 0 radical (unpaired) electrons. The van der Waals surface area contributed by atoms with Crippen molar-refractivity contribution in [3.63, 3.8) is 0 Å². The van der Waals surface area contributed by atoms with Gasteiger partial charge in [-0.05, 0) is 13.0 Å². The minimum absolute atomic E-state index is 0.137. The summed E-state index contributed by atoms with van der Waals surface area (Å²) in [4.78, 5) is 33.8. The molecule has 2 N–H and O–H groups in total. The monoisotopic (exact) mass is 281 g/mol. The lowest BCUT2D eigenvalue weighted by molar-refractivity contribution is -0.383. The molecule has 0 fully saturated rings. The lowest BCUT2D eigenvalue weighted by atomic mass is 10.2. The lowest BCUT2D eigenvalue weighted by Gasteiger charge is -2.18. The van der Waals surface area contributed by atoms with Crippen LogP contribution in [0.3, 0.4) is 0 Å². The Labute approximate surface area is 115 Å². The van der Waals surface area contributed by atoms with E-state index in [9.17, 15) is 19.7 Å². The molecule has 0 aliphatic rings. The molecule has 1 aromatic rings. The third-order valence-electron chi connectivity index (χ3n) is 2.59. The molecular formula is C12H15N3O5. The van der Waals surface area contributed by atoms with E-state index in [4.69, 9.17) is 5.11 Å². The summed E-state index contributed by atoms with van der Waals surface area (Å²) in [6.45, 7) is 1.31. The smallest absolute Gasteiger partial charge is 0.323 e. The van der Waals surface area contributed by atoms with E-state index in [1.165, 1.54) is 18.2 Å². The van der Waals surface area contributed by atoms with Crippen molar-refractivity contribution in [2.75, 3.05) is 25.0 Å². The number of carboxylic acids is 1. The van der Waals surface area contributed by atoms with E-state index in [-0.39, 0.29) is 24.5 Å². The van der Waals surface area contributed by atoms with Crippen LogP contribution in [0.4, 0.5) is 11.4 Å². The van der Waals surface area contributed by atoms with Crippen LogP contribution in [-0.4, -0.2) is 46.4 Å². The molecule has 0 aliphatic heterocycles. The number of benzene rings is 1. The predicted octanol–water partition coefficient (Wildman–Crippen LogP) is 0.940. The number of hydrogen-bond donors (Lipinski definition) is 2. The maximum absolute atomic E-state index is 11.8. The van der Waals surface area contributed by atoms with E-state index < -0.39 is 23.3 Å². The van der Waals surface area contributed by atoms with Gasteiger partial charge in [0.25, 0.3) is 5.69 Å². The predicted molar refractivity (Wildman–Crippen MR) is 71.5 cm³/mol. The normalized spacial score (nSPS) is 9.85. The zero-order chi connectivity index (χ0) is 15.1. The largest absolute Gasteiger partial charge is 0.480 e. The zero-order valence-corrected chi connectivity index (χ0v) is 10.9. The quantitative estimate of drug-likeness (QED) is 0.568. The van der Waals surface area contributed by atoms with Crippen molar-refractivity contribution in [3.8, 4) is 0 Å². The fourth-order valence-electron chi connectivity index (χ4n) is 1.60. The van der Waals surface area contributed by atoms with Gasteiger partial charge in [0.05, 0.1) is 11.5 Å². The minimum Gasteiger partial charge on any atom is -0.480 e. The van der Waals surface area contributed by atoms with Gasteiger partial charge in [0.1, 0.15) is 12.2 Å². The molecule has 0 atom stereocenters. The highest BCUT2D eigenvalue weighted by Gasteiger charge is 2.17. The van der Waals surface area contributed by atoms with Crippen LogP contribution in [-0.2, 0) is 9.59 Å². The summed E-state index contributed by atoms with van der Waals surface area (Å²) in [5.74, 6) is -1.54. The number of para-hydroxylation sites is 2. The van der Waals surface area contributed by atoms with Gasteiger partial charge in [0.2, 0.25) is 5.91 Å². The molecule has 0 bridgehead atoms. The Hall–Kier alpha value is -2.64. The molecule has 0 spiro atoms. The molecule has 108 valence electrons. The van der Waals surface area contributed by atoms with Gasteiger partial charge in [0.15, 0.2) is 0 Å². The summed E-state index contributed by atoms with van der Waals surface area (Å²) < 4.78 is 0. The molecule has 0 aliphatic carbocycles. The Morgan fingerprint density at radius 3 is 2.60 bits per heavy atom. The number of carbonyl (C=O) groups is 2. The fraction of sp³-hybridized carbons (Fsp3) is 0.333. The van der Waals surface area contributed by atoms with Crippen LogP contribution in [0.5, 0.6) is 0 Å². The molecule has 0 saturated carbocycles. The standard InChI is InChI=1S/C12H15N3O5/c1-2-14(8-12(17)18)11(16)7-13-9-5-3-4-6-10(9)15(19)20/h3-6,13H,2,7-8H2,1H3,(H,17,18). The van der Waals surface area contributed by atoms with Gasteiger partial charge in [-0.3, -0.25) is 19.7 Å². The highest BCUT2D eigenvalue weighted by molar-refractivity contribution is 5.85. The number of aliphatic carboxylic acids is 1. The molecule has 1 amide bonds.